The van der Waals surface area contributed by atoms with Crippen molar-refractivity contribution in [2.75, 3.05) is 13.1 Å². The van der Waals surface area contributed by atoms with Crippen LogP contribution in [0.4, 0.5) is 0 Å². The van der Waals surface area contributed by atoms with Crippen LogP contribution in [0.2, 0.25) is 0 Å². The molecular formula is C20H25N. The molecule has 1 heteroatoms. The lowest BCUT2D eigenvalue weighted by molar-refractivity contribution is 0.324. The molecule has 0 saturated carbocycles. The Morgan fingerprint density at radius 1 is 1.00 bits per heavy atom. The summed E-state index contributed by atoms with van der Waals surface area (Å²) in [6.45, 7) is 6.70. The zero-order chi connectivity index (χ0) is 14.7. The van der Waals surface area contributed by atoms with Gasteiger partial charge in [-0.15, -0.1) is 0 Å². The average molecular weight is 279 g/mol. The maximum Gasteiger partial charge on any atom is -0.00115 e. The van der Waals surface area contributed by atoms with Gasteiger partial charge in [-0.2, -0.15) is 0 Å². The van der Waals surface area contributed by atoms with E-state index in [2.05, 4.69) is 67.7 Å². The maximum atomic E-state index is 3.58. The third kappa shape index (κ3) is 3.54. The molecule has 3 rings (SSSR count). The summed E-state index contributed by atoms with van der Waals surface area (Å²) in [6.07, 6.45) is 2.42. The average Bonchev–Trinajstić information content (AvgIpc) is 2.48. The van der Waals surface area contributed by atoms with Crippen LogP contribution < -0.4 is 5.32 Å². The van der Waals surface area contributed by atoms with Crippen molar-refractivity contribution >= 4 is 0 Å². The van der Waals surface area contributed by atoms with Crippen LogP contribution in [0.1, 0.15) is 34.6 Å². The first-order valence-electron chi connectivity index (χ1n) is 8.05. The van der Waals surface area contributed by atoms with Crippen molar-refractivity contribution in [3.8, 4) is 0 Å². The second-order valence-electron chi connectivity index (χ2n) is 6.47. The summed E-state index contributed by atoms with van der Waals surface area (Å²) in [5, 5.41) is 3.58. The maximum absolute atomic E-state index is 3.58. The summed E-state index contributed by atoms with van der Waals surface area (Å²) in [7, 11) is 0. The lowest BCUT2D eigenvalue weighted by Crippen LogP contribution is -2.36. The first-order chi connectivity index (χ1) is 10.2. The molecule has 1 aliphatic heterocycles. The smallest absolute Gasteiger partial charge is 0.00115 e. The molecule has 1 aliphatic rings. The zero-order valence-electron chi connectivity index (χ0n) is 13.1. The summed E-state index contributed by atoms with van der Waals surface area (Å²) in [5.41, 5.74) is 5.78. The van der Waals surface area contributed by atoms with E-state index in [1.807, 2.05) is 0 Å². The number of hydrogen-bond acceptors (Lipinski definition) is 1. The van der Waals surface area contributed by atoms with E-state index in [1.165, 1.54) is 35.1 Å². The Balaban J connectivity index is 1.84. The van der Waals surface area contributed by atoms with Gasteiger partial charge in [0.2, 0.25) is 0 Å². The van der Waals surface area contributed by atoms with Gasteiger partial charge in [-0.3, -0.25) is 0 Å². The fraction of sp³-hybridized carbons (Fsp3) is 0.400. The van der Waals surface area contributed by atoms with Gasteiger partial charge in [0, 0.05) is 0 Å². The van der Waals surface area contributed by atoms with Crippen molar-refractivity contribution in [2.24, 2.45) is 5.92 Å². The molecule has 1 fully saturated rings. The standard InChI is InChI=1S/C20H25N/c1-15-10-16(2)12-18(11-15)20-8-9-21-14-19(20)13-17-6-4-3-5-7-17/h3-7,10-12,19-21H,8-9,13-14H2,1-2H3. The Kier molecular flexibility index (Phi) is 4.40. The number of piperidine rings is 1. The van der Waals surface area contributed by atoms with Crippen LogP contribution in [0.25, 0.3) is 0 Å². The molecule has 0 spiro atoms. The predicted molar refractivity (Wildman–Crippen MR) is 89.8 cm³/mol. The summed E-state index contributed by atoms with van der Waals surface area (Å²) in [5.74, 6) is 1.38. The largest absolute Gasteiger partial charge is 0.316 e. The van der Waals surface area contributed by atoms with Gasteiger partial charge in [0.25, 0.3) is 0 Å². The molecule has 1 N–H and O–H groups in total. The summed E-state index contributed by atoms with van der Waals surface area (Å²) in [4.78, 5) is 0. The van der Waals surface area contributed by atoms with Gasteiger partial charge >= 0.3 is 0 Å². The molecule has 1 saturated heterocycles. The minimum atomic E-state index is 0.685. The Morgan fingerprint density at radius 2 is 1.71 bits per heavy atom. The number of benzene rings is 2. The summed E-state index contributed by atoms with van der Waals surface area (Å²) >= 11 is 0. The summed E-state index contributed by atoms with van der Waals surface area (Å²) < 4.78 is 0. The predicted octanol–water partition coefficient (Wildman–Crippen LogP) is 4.24. The second kappa shape index (κ2) is 6.44. The van der Waals surface area contributed by atoms with Crippen LogP contribution >= 0.6 is 0 Å². The molecule has 0 bridgehead atoms. The van der Waals surface area contributed by atoms with Crippen molar-refractivity contribution in [3.63, 3.8) is 0 Å². The highest BCUT2D eigenvalue weighted by molar-refractivity contribution is 5.32. The van der Waals surface area contributed by atoms with E-state index in [0.717, 1.165) is 13.1 Å². The Morgan fingerprint density at radius 3 is 2.43 bits per heavy atom. The Labute approximate surface area is 128 Å². The van der Waals surface area contributed by atoms with E-state index in [-0.39, 0.29) is 0 Å². The highest BCUT2D eigenvalue weighted by atomic mass is 14.9. The molecule has 2 unspecified atom stereocenters. The number of aryl methyl sites for hydroxylation is 2. The third-order valence-electron chi connectivity index (χ3n) is 4.62. The van der Waals surface area contributed by atoms with Crippen LogP contribution in [-0.4, -0.2) is 13.1 Å². The van der Waals surface area contributed by atoms with E-state index in [4.69, 9.17) is 0 Å². The molecule has 0 amide bonds. The van der Waals surface area contributed by atoms with Crippen LogP contribution in [0.15, 0.2) is 48.5 Å². The van der Waals surface area contributed by atoms with Crippen LogP contribution in [0.3, 0.4) is 0 Å². The number of nitrogens with one attached hydrogen (secondary N) is 1. The van der Waals surface area contributed by atoms with E-state index >= 15 is 0 Å². The van der Waals surface area contributed by atoms with Gasteiger partial charge in [0.15, 0.2) is 0 Å². The van der Waals surface area contributed by atoms with Gasteiger partial charge < -0.3 is 5.32 Å². The van der Waals surface area contributed by atoms with Gasteiger partial charge in [-0.05, 0) is 62.7 Å². The van der Waals surface area contributed by atoms with Crippen molar-refractivity contribution in [2.45, 2.75) is 32.6 Å². The van der Waals surface area contributed by atoms with Gasteiger partial charge in [0.05, 0.1) is 0 Å². The fourth-order valence-corrected chi connectivity index (χ4v) is 3.72. The first kappa shape index (κ1) is 14.3. The van der Waals surface area contributed by atoms with Crippen molar-refractivity contribution in [1.82, 2.24) is 5.32 Å². The monoisotopic (exact) mass is 279 g/mol. The van der Waals surface area contributed by atoms with E-state index in [0.29, 0.717) is 11.8 Å². The minimum absolute atomic E-state index is 0.685. The Hall–Kier alpha value is -1.60. The Bertz CT molecular complexity index is 568. The van der Waals surface area contributed by atoms with Crippen LogP contribution in [0, 0.1) is 19.8 Å². The van der Waals surface area contributed by atoms with E-state index in [9.17, 15) is 0 Å². The molecule has 2 atom stereocenters. The molecule has 2 aromatic rings. The molecule has 0 aliphatic carbocycles. The third-order valence-corrected chi connectivity index (χ3v) is 4.62. The molecule has 0 radical (unpaired) electrons. The highest BCUT2D eigenvalue weighted by Gasteiger charge is 2.26. The molecule has 0 aromatic heterocycles. The van der Waals surface area contributed by atoms with Crippen molar-refractivity contribution in [3.05, 3.63) is 70.8 Å². The van der Waals surface area contributed by atoms with Gasteiger partial charge in [-0.25, -0.2) is 0 Å². The highest BCUT2D eigenvalue weighted by Crippen LogP contribution is 2.33. The lowest BCUT2D eigenvalue weighted by atomic mass is 9.77. The van der Waals surface area contributed by atoms with Crippen LogP contribution in [0.5, 0.6) is 0 Å². The molecule has 1 nitrogen and oxygen atoms in total. The normalized spacial score (nSPS) is 22.2. The lowest BCUT2D eigenvalue weighted by Gasteiger charge is -2.33. The first-order valence-corrected chi connectivity index (χ1v) is 8.05. The second-order valence-corrected chi connectivity index (χ2v) is 6.47. The number of hydrogen-bond donors (Lipinski definition) is 1. The topological polar surface area (TPSA) is 12.0 Å². The zero-order valence-corrected chi connectivity index (χ0v) is 13.1. The van der Waals surface area contributed by atoms with Crippen molar-refractivity contribution < 1.29 is 0 Å². The van der Waals surface area contributed by atoms with Crippen LogP contribution in [-0.2, 0) is 6.42 Å². The SMILES string of the molecule is Cc1cc(C)cc(C2CCNCC2Cc2ccccc2)c1. The molecule has 110 valence electrons. The van der Waals surface area contributed by atoms with Crippen molar-refractivity contribution in [1.29, 1.82) is 0 Å². The molecule has 21 heavy (non-hydrogen) atoms. The molecule has 1 heterocycles. The quantitative estimate of drug-likeness (QED) is 0.886. The van der Waals surface area contributed by atoms with Gasteiger partial charge in [-0.1, -0.05) is 59.7 Å². The molecular weight excluding hydrogens is 254 g/mol. The molecule has 2 aromatic carbocycles. The van der Waals surface area contributed by atoms with Gasteiger partial charge in [0.1, 0.15) is 0 Å². The number of rotatable bonds is 3. The minimum Gasteiger partial charge on any atom is -0.316 e. The fourth-order valence-electron chi connectivity index (χ4n) is 3.72. The van der Waals surface area contributed by atoms with E-state index in [1.54, 1.807) is 0 Å². The van der Waals surface area contributed by atoms with E-state index < -0.39 is 0 Å². The summed E-state index contributed by atoms with van der Waals surface area (Å²) in [6, 6.07) is 18.0.